The van der Waals surface area contributed by atoms with E-state index in [-0.39, 0.29) is 0 Å². The van der Waals surface area contributed by atoms with Crippen molar-refractivity contribution in [1.29, 1.82) is 0 Å². The monoisotopic (exact) mass is 319 g/mol. The van der Waals surface area contributed by atoms with Gasteiger partial charge in [-0.3, -0.25) is 4.79 Å². The van der Waals surface area contributed by atoms with Crippen molar-refractivity contribution in [2.75, 3.05) is 26.3 Å². The van der Waals surface area contributed by atoms with Crippen molar-refractivity contribution in [2.24, 2.45) is 11.8 Å². The topological polar surface area (TPSA) is 68.5 Å². The number of hydrogen-bond donors (Lipinski definition) is 0. The van der Waals surface area contributed by atoms with Gasteiger partial charge in [0.25, 0.3) is 0 Å². The minimum atomic E-state index is 0.305. The zero-order chi connectivity index (χ0) is 15.6. The van der Waals surface area contributed by atoms with Crippen LogP contribution in [0.1, 0.15) is 56.2 Å². The van der Waals surface area contributed by atoms with Gasteiger partial charge in [0.15, 0.2) is 5.82 Å². The molecule has 0 N–H and O–H groups in total. The number of carbonyl (C=O) groups excluding carboxylic acids is 1. The Kier molecular flexibility index (Phi) is 4.33. The molecule has 0 bridgehead atoms. The van der Waals surface area contributed by atoms with Gasteiger partial charge in [-0.15, -0.1) is 0 Å². The molecule has 1 aliphatic carbocycles. The molecule has 1 aromatic heterocycles. The number of carbonyl (C=O) groups is 1. The highest BCUT2D eigenvalue weighted by Crippen LogP contribution is 2.31. The van der Waals surface area contributed by atoms with Crippen LogP contribution in [0.5, 0.6) is 0 Å². The highest BCUT2D eigenvalue weighted by Gasteiger charge is 2.34. The summed E-state index contributed by atoms with van der Waals surface area (Å²) in [5, 5.41) is 4.16. The molecule has 1 unspecified atom stereocenters. The number of hydrogen-bond acceptors (Lipinski definition) is 5. The van der Waals surface area contributed by atoms with Crippen LogP contribution in [-0.4, -0.2) is 47.3 Å². The maximum Gasteiger partial charge on any atom is 0.229 e. The van der Waals surface area contributed by atoms with Crippen molar-refractivity contribution >= 4 is 5.91 Å². The molecule has 6 nitrogen and oxygen atoms in total. The predicted octanol–water partition coefficient (Wildman–Crippen LogP) is 2.15. The summed E-state index contributed by atoms with van der Waals surface area (Å²) in [5.41, 5.74) is 0. The summed E-state index contributed by atoms with van der Waals surface area (Å²) in [5.74, 6) is 3.07. The highest BCUT2D eigenvalue weighted by atomic mass is 16.5. The van der Waals surface area contributed by atoms with Crippen LogP contribution >= 0.6 is 0 Å². The predicted molar refractivity (Wildman–Crippen MR) is 82.8 cm³/mol. The van der Waals surface area contributed by atoms with Crippen molar-refractivity contribution < 1.29 is 14.1 Å². The number of ether oxygens (including phenoxy) is 1. The summed E-state index contributed by atoms with van der Waals surface area (Å²) in [6, 6.07) is 0. The van der Waals surface area contributed by atoms with Gasteiger partial charge in [-0.25, -0.2) is 0 Å². The van der Waals surface area contributed by atoms with E-state index in [4.69, 9.17) is 9.26 Å². The summed E-state index contributed by atoms with van der Waals surface area (Å²) < 4.78 is 10.8. The fourth-order valence-electron chi connectivity index (χ4n) is 3.83. The summed E-state index contributed by atoms with van der Waals surface area (Å²) in [6.07, 6.45) is 7.19. The molecule has 0 aromatic carbocycles. The van der Waals surface area contributed by atoms with Crippen LogP contribution in [0.3, 0.4) is 0 Å². The third kappa shape index (κ3) is 3.27. The Balaban J connectivity index is 1.30. The smallest absolute Gasteiger partial charge is 0.229 e. The first-order valence-corrected chi connectivity index (χ1v) is 8.98. The zero-order valence-corrected chi connectivity index (χ0v) is 13.6. The summed E-state index contributed by atoms with van der Waals surface area (Å²) in [4.78, 5) is 18.9. The van der Waals surface area contributed by atoms with E-state index in [1.54, 1.807) is 0 Å². The lowest BCUT2D eigenvalue weighted by molar-refractivity contribution is -0.137. The van der Waals surface area contributed by atoms with Gasteiger partial charge in [0, 0.05) is 44.6 Å². The molecule has 2 aliphatic heterocycles. The first-order valence-electron chi connectivity index (χ1n) is 8.98. The Morgan fingerprint density at radius 3 is 2.74 bits per heavy atom. The minimum Gasteiger partial charge on any atom is -0.381 e. The maximum atomic E-state index is 12.3. The van der Waals surface area contributed by atoms with E-state index in [2.05, 4.69) is 10.1 Å². The van der Waals surface area contributed by atoms with Crippen molar-refractivity contribution in [1.82, 2.24) is 15.0 Å². The Hall–Kier alpha value is -1.43. The Morgan fingerprint density at radius 1 is 1.17 bits per heavy atom. The van der Waals surface area contributed by atoms with Gasteiger partial charge in [0.2, 0.25) is 11.8 Å². The Labute approximate surface area is 136 Å². The number of amides is 1. The Morgan fingerprint density at radius 2 is 2.00 bits per heavy atom. The summed E-state index contributed by atoms with van der Waals surface area (Å²) in [7, 11) is 0. The molecule has 1 amide bonds. The molecule has 0 spiro atoms. The molecule has 126 valence electrons. The molecule has 1 atom stereocenters. The molecule has 1 saturated carbocycles. The quantitative estimate of drug-likeness (QED) is 0.850. The average Bonchev–Trinajstić information content (AvgIpc) is 3.16. The Bertz CT molecular complexity index is 549. The maximum absolute atomic E-state index is 12.3. The molecular formula is C17H25N3O3. The second kappa shape index (κ2) is 6.59. The molecule has 3 heterocycles. The zero-order valence-electron chi connectivity index (χ0n) is 13.6. The van der Waals surface area contributed by atoms with Crippen LogP contribution in [0, 0.1) is 11.8 Å². The van der Waals surface area contributed by atoms with Crippen LogP contribution in [0.4, 0.5) is 0 Å². The number of nitrogens with zero attached hydrogens (tertiary/aromatic N) is 3. The van der Waals surface area contributed by atoms with E-state index >= 15 is 0 Å². The van der Waals surface area contributed by atoms with E-state index < -0.39 is 0 Å². The number of rotatable bonds is 4. The molecule has 2 saturated heterocycles. The van der Waals surface area contributed by atoms with Crippen LogP contribution in [0.25, 0.3) is 0 Å². The van der Waals surface area contributed by atoms with E-state index in [1.807, 2.05) is 4.90 Å². The summed E-state index contributed by atoms with van der Waals surface area (Å²) in [6.45, 7) is 3.31. The first-order chi connectivity index (χ1) is 11.3. The normalized spacial score (nSPS) is 26.4. The average molecular weight is 319 g/mol. The summed E-state index contributed by atoms with van der Waals surface area (Å²) >= 11 is 0. The molecule has 3 fully saturated rings. The van der Waals surface area contributed by atoms with Crippen molar-refractivity contribution in [2.45, 2.75) is 50.9 Å². The lowest BCUT2D eigenvalue weighted by Crippen LogP contribution is -2.37. The van der Waals surface area contributed by atoms with E-state index in [0.717, 1.165) is 76.5 Å². The SMILES string of the molecule is O=C(C1CCC1)N1CCC(Cc2noc(C3CCOCC3)n2)C1. The second-order valence-electron chi connectivity index (χ2n) is 7.21. The third-order valence-electron chi connectivity index (χ3n) is 5.58. The molecule has 1 aromatic rings. The van der Waals surface area contributed by atoms with Gasteiger partial charge in [-0.05, 0) is 38.0 Å². The van der Waals surface area contributed by atoms with Crippen LogP contribution in [-0.2, 0) is 16.0 Å². The number of aromatic nitrogens is 2. The van der Waals surface area contributed by atoms with Gasteiger partial charge in [0.05, 0.1) is 0 Å². The van der Waals surface area contributed by atoms with Crippen molar-refractivity contribution in [3.63, 3.8) is 0 Å². The lowest BCUT2D eigenvalue weighted by Gasteiger charge is -2.29. The molecule has 4 rings (SSSR count). The van der Waals surface area contributed by atoms with Crippen LogP contribution < -0.4 is 0 Å². The van der Waals surface area contributed by atoms with Crippen molar-refractivity contribution in [3.8, 4) is 0 Å². The van der Waals surface area contributed by atoms with Gasteiger partial charge < -0.3 is 14.2 Å². The minimum absolute atomic E-state index is 0.305. The fraction of sp³-hybridized carbons (Fsp3) is 0.824. The van der Waals surface area contributed by atoms with Crippen LogP contribution in [0.15, 0.2) is 4.52 Å². The molecule has 0 radical (unpaired) electrons. The van der Waals surface area contributed by atoms with Crippen molar-refractivity contribution in [3.05, 3.63) is 11.7 Å². The van der Waals surface area contributed by atoms with E-state index in [9.17, 15) is 4.79 Å². The van der Waals surface area contributed by atoms with E-state index in [1.165, 1.54) is 6.42 Å². The van der Waals surface area contributed by atoms with Gasteiger partial charge in [-0.2, -0.15) is 4.98 Å². The van der Waals surface area contributed by atoms with Crippen LogP contribution in [0.2, 0.25) is 0 Å². The van der Waals surface area contributed by atoms with Gasteiger partial charge in [0.1, 0.15) is 0 Å². The second-order valence-corrected chi connectivity index (χ2v) is 7.21. The molecule has 23 heavy (non-hydrogen) atoms. The fourth-order valence-corrected chi connectivity index (χ4v) is 3.83. The van der Waals surface area contributed by atoms with E-state index in [0.29, 0.717) is 23.7 Å². The molecule has 3 aliphatic rings. The number of likely N-dealkylation sites (tertiary alicyclic amines) is 1. The largest absolute Gasteiger partial charge is 0.381 e. The molecule has 6 heteroatoms. The standard InChI is InChI=1S/C17H25N3O3/c21-17(14-2-1-3-14)20-7-4-12(11-20)10-15-18-16(23-19-15)13-5-8-22-9-6-13/h12-14H,1-11H2. The van der Waals surface area contributed by atoms with Gasteiger partial charge >= 0.3 is 0 Å². The first kappa shape index (κ1) is 15.1. The van der Waals surface area contributed by atoms with Gasteiger partial charge in [-0.1, -0.05) is 11.6 Å². The highest BCUT2D eigenvalue weighted by molar-refractivity contribution is 5.79. The lowest BCUT2D eigenvalue weighted by atomic mass is 9.84. The molecular weight excluding hydrogens is 294 g/mol. The third-order valence-corrected chi connectivity index (χ3v) is 5.58.